The molecule has 0 radical (unpaired) electrons. The summed E-state index contributed by atoms with van der Waals surface area (Å²) in [6.45, 7) is 2.28. The summed E-state index contributed by atoms with van der Waals surface area (Å²) in [6, 6.07) is 0. The van der Waals surface area contributed by atoms with Crippen LogP contribution < -0.4 is 0 Å². The lowest BCUT2D eigenvalue weighted by Crippen LogP contribution is -2.21. The number of hydrogen-bond acceptors (Lipinski definition) is 3. The van der Waals surface area contributed by atoms with Crippen molar-refractivity contribution < 1.29 is 15.0 Å². The van der Waals surface area contributed by atoms with Crippen molar-refractivity contribution in [2.24, 2.45) is 0 Å². The summed E-state index contributed by atoms with van der Waals surface area (Å²) < 4.78 is 0. The van der Waals surface area contributed by atoms with E-state index in [4.69, 9.17) is 10.2 Å². The molecule has 4 heteroatoms. The Balaban J connectivity index is 3.18. The number of aliphatic hydroxyl groups is 1. The van der Waals surface area contributed by atoms with Gasteiger partial charge in [0, 0.05) is 13.0 Å². The predicted molar refractivity (Wildman–Crippen MR) is 59.9 cm³/mol. The van der Waals surface area contributed by atoms with Gasteiger partial charge in [-0.1, -0.05) is 0 Å². The molecule has 2 N–H and O–H groups in total. The lowest BCUT2D eigenvalue weighted by molar-refractivity contribution is -0.137. The second-order valence-corrected chi connectivity index (χ2v) is 3.94. The molecular weight excluding hydrogens is 194 g/mol. The van der Waals surface area contributed by atoms with Gasteiger partial charge in [0.25, 0.3) is 0 Å². The maximum absolute atomic E-state index is 10.3. The molecule has 0 saturated heterocycles. The minimum atomic E-state index is -0.708. The largest absolute Gasteiger partial charge is 0.481 e. The van der Waals surface area contributed by atoms with Gasteiger partial charge in [0.15, 0.2) is 0 Å². The van der Waals surface area contributed by atoms with Crippen molar-refractivity contribution in [3.63, 3.8) is 0 Å². The Morgan fingerprint density at radius 2 is 1.67 bits per heavy atom. The van der Waals surface area contributed by atoms with Crippen molar-refractivity contribution in [3.8, 4) is 0 Å². The molecule has 0 aliphatic heterocycles. The Morgan fingerprint density at radius 3 is 2.20 bits per heavy atom. The molecular formula is C11H23NO3. The van der Waals surface area contributed by atoms with Crippen molar-refractivity contribution in [3.05, 3.63) is 0 Å². The van der Waals surface area contributed by atoms with Gasteiger partial charge in [0.1, 0.15) is 0 Å². The van der Waals surface area contributed by atoms with Gasteiger partial charge >= 0.3 is 5.97 Å². The highest BCUT2D eigenvalue weighted by molar-refractivity contribution is 5.66. The van der Waals surface area contributed by atoms with Gasteiger partial charge in [-0.2, -0.15) is 0 Å². The SMILES string of the molecule is CN(CCCCCO)CCCCC(=O)O. The number of nitrogens with zero attached hydrogens (tertiary/aromatic N) is 1. The van der Waals surface area contributed by atoms with E-state index in [1.807, 2.05) is 0 Å². The van der Waals surface area contributed by atoms with Crippen LogP contribution in [0.5, 0.6) is 0 Å². The number of aliphatic carboxylic acids is 1. The zero-order chi connectivity index (χ0) is 11.5. The summed E-state index contributed by atoms with van der Waals surface area (Å²) >= 11 is 0. The minimum absolute atomic E-state index is 0.276. The molecule has 0 aromatic heterocycles. The van der Waals surface area contributed by atoms with Crippen LogP contribution in [-0.2, 0) is 4.79 Å². The molecule has 0 amide bonds. The number of rotatable bonds is 10. The van der Waals surface area contributed by atoms with E-state index in [-0.39, 0.29) is 13.0 Å². The third kappa shape index (κ3) is 11.3. The number of aliphatic hydroxyl groups excluding tert-OH is 1. The van der Waals surface area contributed by atoms with Gasteiger partial charge in [-0.3, -0.25) is 4.79 Å². The molecule has 4 nitrogen and oxygen atoms in total. The molecule has 0 heterocycles. The molecule has 0 saturated carbocycles. The van der Waals surface area contributed by atoms with E-state index in [9.17, 15) is 4.79 Å². The molecule has 0 aromatic rings. The smallest absolute Gasteiger partial charge is 0.303 e. The molecule has 15 heavy (non-hydrogen) atoms. The summed E-state index contributed by atoms with van der Waals surface area (Å²) in [5, 5.41) is 17.0. The Morgan fingerprint density at radius 1 is 1.07 bits per heavy atom. The molecule has 90 valence electrons. The van der Waals surface area contributed by atoms with Gasteiger partial charge < -0.3 is 15.1 Å². The minimum Gasteiger partial charge on any atom is -0.481 e. The molecule has 0 atom stereocenters. The van der Waals surface area contributed by atoms with Gasteiger partial charge in [-0.25, -0.2) is 0 Å². The van der Waals surface area contributed by atoms with Crippen LogP contribution in [0.25, 0.3) is 0 Å². The molecule has 0 spiro atoms. The molecule has 0 unspecified atom stereocenters. The highest BCUT2D eigenvalue weighted by atomic mass is 16.4. The maximum Gasteiger partial charge on any atom is 0.303 e. The fourth-order valence-corrected chi connectivity index (χ4v) is 1.44. The van der Waals surface area contributed by atoms with Crippen molar-refractivity contribution in [1.82, 2.24) is 4.90 Å². The second-order valence-electron chi connectivity index (χ2n) is 3.94. The Labute approximate surface area is 91.9 Å². The topological polar surface area (TPSA) is 60.8 Å². The van der Waals surface area contributed by atoms with Gasteiger partial charge in [-0.15, -0.1) is 0 Å². The Hall–Kier alpha value is -0.610. The average molecular weight is 217 g/mol. The first-order valence-corrected chi connectivity index (χ1v) is 5.68. The first-order valence-electron chi connectivity index (χ1n) is 5.68. The van der Waals surface area contributed by atoms with Crippen LogP contribution in [0.3, 0.4) is 0 Å². The number of carboxylic acid groups (broad SMARTS) is 1. The van der Waals surface area contributed by atoms with Crippen LogP contribution in [0, 0.1) is 0 Å². The van der Waals surface area contributed by atoms with Gasteiger partial charge in [-0.05, 0) is 52.2 Å². The fraction of sp³-hybridized carbons (Fsp3) is 0.909. The monoisotopic (exact) mass is 217 g/mol. The van der Waals surface area contributed by atoms with Crippen LogP contribution in [-0.4, -0.2) is 47.8 Å². The van der Waals surface area contributed by atoms with Crippen LogP contribution in [0.15, 0.2) is 0 Å². The number of carboxylic acids is 1. The summed E-state index contributed by atoms with van der Waals surface area (Å²) in [4.78, 5) is 12.5. The molecule has 0 bridgehead atoms. The van der Waals surface area contributed by atoms with E-state index in [2.05, 4.69) is 11.9 Å². The van der Waals surface area contributed by atoms with Gasteiger partial charge in [0.05, 0.1) is 0 Å². The van der Waals surface area contributed by atoms with Crippen molar-refractivity contribution >= 4 is 5.97 Å². The lowest BCUT2D eigenvalue weighted by atomic mass is 10.2. The fourth-order valence-electron chi connectivity index (χ4n) is 1.44. The van der Waals surface area contributed by atoms with E-state index < -0.39 is 5.97 Å². The normalized spacial score (nSPS) is 10.9. The van der Waals surface area contributed by atoms with E-state index in [0.717, 1.165) is 45.2 Å². The Bertz CT molecular complexity index is 162. The second kappa shape index (κ2) is 9.93. The predicted octanol–water partition coefficient (Wildman–Crippen LogP) is 1.34. The van der Waals surface area contributed by atoms with Crippen LogP contribution in [0.2, 0.25) is 0 Å². The summed E-state index contributed by atoms with van der Waals surface area (Å²) in [7, 11) is 2.06. The third-order valence-electron chi connectivity index (χ3n) is 2.38. The van der Waals surface area contributed by atoms with E-state index in [1.165, 1.54) is 0 Å². The zero-order valence-electron chi connectivity index (χ0n) is 9.61. The zero-order valence-corrected chi connectivity index (χ0v) is 9.61. The summed E-state index contributed by atoms with van der Waals surface area (Å²) in [5.74, 6) is -0.708. The molecule has 0 aliphatic carbocycles. The molecule has 0 aliphatic rings. The van der Waals surface area contributed by atoms with Crippen LogP contribution >= 0.6 is 0 Å². The third-order valence-corrected chi connectivity index (χ3v) is 2.38. The standard InChI is InChI=1S/C11H23NO3/c1-12(8-4-2-6-10-13)9-5-3-7-11(14)15/h13H,2-10H2,1H3,(H,14,15). The Kier molecular flexibility index (Phi) is 9.52. The summed E-state index contributed by atoms with van der Waals surface area (Å²) in [5.41, 5.74) is 0. The van der Waals surface area contributed by atoms with Crippen molar-refractivity contribution in [2.75, 3.05) is 26.7 Å². The number of hydrogen-bond donors (Lipinski definition) is 2. The quantitative estimate of drug-likeness (QED) is 0.542. The van der Waals surface area contributed by atoms with Gasteiger partial charge in [0.2, 0.25) is 0 Å². The first-order chi connectivity index (χ1) is 7.16. The molecule has 0 fully saturated rings. The lowest BCUT2D eigenvalue weighted by Gasteiger charge is -2.15. The average Bonchev–Trinajstić information content (AvgIpc) is 2.19. The molecule has 0 rings (SSSR count). The first kappa shape index (κ1) is 14.4. The number of unbranched alkanes of at least 4 members (excludes halogenated alkanes) is 3. The summed E-state index contributed by atoms with van der Waals surface area (Å²) in [6.07, 6.45) is 5.04. The van der Waals surface area contributed by atoms with Crippen molar-refractivity contribution in [2.45, 2.75) is 38.5 Å². The van der Waals surface area contributed by atoms with E-state index in [0.29, 0.717) is 0 Å². The highest BCUT2D eigenvalue weighted by Crippen LogP contribution is 2.00. The highest BCUT2D eigenvalue weighted by Gasteiger charge is 2.00. The molecule has 0 aromatic carbocycles. The number of carbonyl (C=O) groups is 1. The van der Waals surface area contributed by atoms with Crippen LogP contribution in [0.4, 0.5) is 0 Å². The van der Waals surface area contributed by atoms with E-state index >= 15 is 0 Å². The maximum atomic E-state index is 10.3. The van der Waals surface area contributed by atoms with Crippen molar-refractivity contribution in [1.29, 1.82) is 0 Å². The van der Waals surface area contributed by atoms with Crippen LogP contribution in [0.1, 0.15) is 38.5 Å². The van der Waals surface area contributed by atoms with E-state index in [1.54, 1.807) is 0 Å².